The monoisotopic (exact) mass is 502 g/mol. The molecule has 0 amide bonds. The first-order valence-electron chi connectivity index (χ1n) is 15.4. The van der Waals surface area contributed by atoms with Crippen molar-refractivity contribution in [2.24, 2.45) is 0 Å². The van der Waals surface area contributed by atoms with Crippen LogP contribution in [0.5, 0.6) is 0 Å². The zero-order valence-corrected chi connectivity index (χ0v) is 23.7. The third-order valence-corrected chi connectivity index (χ3v) is 7.56. The lowest BCUT2D eigenvalue weighted by Gasteiger charge is -2.16. The second-order valence-electron chi connectivity index (χ2n) is 10.9. The summed E-state index contributed by atoms with van der Waals surface area (Å²) in [6.07, 6.45) is 26.6. The Kier molecular flexibility index (Phi) is 20.5. The van der Waals surface area contributed by atoms with Crippen molar-refractivity contribution in [1.29, 1.82) is 0 Å². The molecular weight excluding hydrogens is 446 g/mol. The number of aryl methyl sites for hydroxylation is 2. The second-order valence-corrected chi connectivity index (χ2v) is 10.9. The molecule has 0 fully saturated rings. The van der Waals surface area contributed by atoms with E-state index in [0.29, 0.717) is 10.9 Å². The van der Waals surface area contributed by atoms with Gasteiger partial charge >= 0.3 is 14.2 Å². The van der Waals surface area contributed by atoms with Crippen LogP contribution in [0.1, 0.15) is 153 Å². The van der Waals surface area contributed by atoms with Gasteiger partial charge in [-0.15, -0.1) is 0 Å². The van der Waals surface area contributed by atoms with Crippen LogP contribution in [0, 0.1) is 0 Å². The van der Waals surface area contributed by atoms with E-state index in [4.69, 9.17) is 0 Å². The van der Waals surface area contributed by atoms with Gasteiger partial charge < -0.3 is 20.1 Å². The van der Waals surface area contributed by atoms with Crippen LogP contribution in [0.15, 0.2) is 12.1 Å². The number of hydrogen-bond acceptors (Lipinski definition) is 4. The summed E-state index contributed by atoms with van der Waals surface area (Å²) in [4.78, 5) is 0. The molecule has 36 heavy (non-hydrogen) atoms. The third-order valence-electron chi connectivity index (χ3n) is 7.56. The molecule has 0 saturated carbocycles. The summed E-state index contributed by atoms with van der Waals surface area (Å²) in [5.74, 6) is 0. The Hall–Kier alpha value is -0.810. The fourth-order valence-corrected chi connectivity index (χ4v) is 5.25. The van der Waals surface area contributed by atoms with Gasteiger partial charge in [0.2, 0.25) is 0 Å². The molecule has 4 nitrogen and oxygen atoms in total. The van der Waals surface area contributed by atoms with Crippen LogP contribution >= 0.6 is 0 Å². The minimum Gasteiger partial charge on any atom is -0.423 e. The molecule has 0 spiro atoms. The average molecular weight is 502 g/mol. The minimum atomic E-state index is -1.53. The predicted octanol–water partition coefficient (Wildman–Crippen LogP) is 5.97. The zero-order chi connectivity index (χ0) is 26.4. The minimum absolute atomic E-state index is 0.525. The summed E-state index contributed by atoms with van der Waals surface area (Å²) in [7, 11) is -3.06. The van der Waals surface area contributed by atoms with Gasteiger partial charge in [-0.25, -0.2) is 0 Å². The van der Waals surface area contributed by atoms with E-state index in [0.717, 1.165) is 49.7 Å². The molecule has 0 aliphatic rings. The van der Waals surface area contributed by atoms with Gasteiger partial charge in [-0.1, -0.05) is 142 Å². The molecule has 0 bridgehead atoms. The molecule has 206 valence electrons. The zero-order valence-electron chi connectivity index (χ0n) is 23.7. The highest BCUT2D eigenvalue weighted by Gasteiger charge is 2.23. The van der Waals surface area contributed by atoms with E-state index in [1.807, 2.05) is 0 Å². The molecule has 1 aromatic carbocycles. The lowest BCUT2D eigenvalue weighted by atomic mass is 9.68. The van der Waals surface area contributed by atoms with Crippen molar-refractivity contribution in [2.45, 2.75) is 155 Å². The second kappa shape index (κ2) is 22.2. The van der Waals surface area contributed by atoms with Gasteiger partial charge in [-0.05, 0) is 47.7 Å². The Balaban J connectivity index is 2.45. The quantitative estimate of drug-likeness (QED) is 0.104. The van der Waals surface area contributed by atoms with E-state index in [-0.39, 0.29) is 0 Å². The molecule has 0 atom stereocenters. The van der Waals surface area contributed by atoms with Gasteiger partial charge in [0, 0.05) is 0 Å². The molecule has 0 aromatic heterocycles. The molecule has 0 aliphatic carbocycles. The summed E-state index contributed by atoms with van der Waals surface area (Å²) in [6, 6.07) is 3.61. The summed E-state index contributed by atoms with van der Waals surface area (Å²) < 4.78 is 0. The third kappa shape index (κ3) is 15.4. The maximum absolute atomic E-state index is 10.00. The summed E-state index contributed by atoms with van der Waals surface area (Å²) in [5.41, 5.74) is 2.72. The summed E-state index contributed by atoms with van der Waals surface area (Å²) in [6.45, 7) is 4.50. The maximum atomic E-state index is 10.00. The first-order chi connectivity index (χ1) is 17.5. The Bertz CT molecular complexity index is 596. The molecule has 4 N–H and O–H groups in total. The smallest absolute Gasteiger partial charge is 0.423 e. The largest absolute Gasteiger partial charge is 0.488 e. The highest BCUT2D eigenvalue weighted by Crippen LogP contribution is 2.15. The van der Waals surface area contributed by atoms with Crippen molar-refractivity contribution in [3.05, 3.63) is 23.3 Å². The maximum Gasteiger partial charge on any atom is 0.488 e. The topological polar surface area (TPSA) is 80.9 Å². The van der Waals surface area contributed by atoms with Crippen LogP contribution in [0.2, 0.25) is 0 Å². The molecule has 1 aromatic rings. The van der Waals surface area contributed by atoms with Crippen molar-refractivity contribution >= 4 is 25.2 Å². The predicted molar refractivity (Wildman–Crippen MR) is 157 cm³/mol. The van der Waals surface area contributed by atoms with Gasteiger partial charge in [0.05, 0.1) is 0 Å². The van der Waals surface area contributed by atoms with E-state index >= 15 is 0 Å². The van der Waals surface area contributed by atoms with Crippen LogP contribution in [0.25, 0.3) is 0 Å². The van der Waals surface area contributed by atoms with Gasteiger partial charge in [0.15, 0.2) is 0 Å². The van der Waals surface area contributed by atoms with Gasteiger partial charge in [0.1, 0.15) is 0 Å². The molecule has 1 rings (SSSR count). The lowest BCUT2D eigenvalue weighted by Crippen LogP contribution is -2.40. The van der Waals surface area contributed by atoms with E-state index < -0.39 is 14.2 Å². The first kappa shape index (κ1) is 33.2. The number of rotatable bonds is 24. The molecule has 6 heteroatoms. The van der Waals surface area contributed by atoms with Crippen molar-refractivity contribution in [3.63, 3.8) is 0 Å². The van der Waals surface area contributed by atoms with Crippen molar-refractivity contribution in [2.75, 3.05) is 0 Å². The van der Waals surface area contributed by atoms with Crippen molar-refractivity contribution < 1.29 is 20.1 Å². The van der Waals surface area contributed by atoms with Crippen molar-refractivity contribution in [3.8, 4) is 0 Å². The highest BCUT2D eigenvalue weighted by molar-refractivity contribution is 6.61. The Morgan fingerprint density at radius 2 is 0.667 bits per heavy atom. The van der Waals surface area contributed by atoms with Gasteiger partial charge in [-0.2, -0.15) is 0 Å². The average Bonchev–Trinajstić information content (AvgIpc) is 2.86. The molecule has 0 unspecified atom stereocenters. The van der Waals surface area contributed by atoms with Crippen LogP contribution in [0.4, 0.5) is 0 Å². The van der Waals surface area contributed by atoms with Gasteiger partial charge in [-0.3, -0.25) is 0 Å². The number of benzene rings is 1. The van der Waals surface area contributed by atoms with Crippen LogP contribution in [0.3, 0.4) is 0 Å². The Labute approximate surface area is 223 Å². The Morgan fingerprint density at radius 1 is 0.417 bits per heavy atom. The van der Waals surface area contributed by atoms with E-state index in [9.17, 15) is 20.1 Å². The van der Waals surface area contributed by atoms with E-state index in [1.165, 1.54) is 103 Å². The van der Waals surface area contributed by atoms with E-state index in [1.54, 1.807) is 12.1 Å². The first-order valence-corrected chi connectivity index (χ1v) is 15.4. The Morgan fingerprint density at radius 3 is 0.917 bits per heavy atom. The SMILES string of the molecule is CCCCCCCCCCCCc1cc(B(O)O)c(CCCCCCCCCCCC)cc1B(O)O. The van der Waals surface area contributed by atoms with Gasteiger partial charge in [0.25, 0.3) is 0 Å². The van der Waals surface area contributed by atoms with Crippen LogP contribution in [-0.2, 0) is 12.8 Å². The molecule has 0 aliphatic heterocycles. The van der Waals surface area contributed by atoms with Crippen LogP contribution < -0.4 is 10.9 Å². The standard InChI is InChI=1S/C30H56B2O4/c1-3-5-7-9-11-13-15-17-19-21-23-27-25-30(32(35)36)28(26-29(27)31(33)34)24-22-20-18-16-14-12-10-8-6-4-2/h25-26,33-36H,3-24H2,1-2H3. The van der Waals surface area contributed by atoms with Crippen molar-refractivity contribution in [1.82, 2.24) is 0 Å². The lowest BCUT2D eigenvalue weighted by molar-refractivity contribution is 0.422. The highest BCUT2D eigenvalue weighted by atomic mass is 16.4. The number of unbranched alkanes of at least 4 members (excludes halogenated alkanes) is 18. The molecule has 0 heterocycles. The molecule has 0 saturated heterocycles. The number of hydrogen-bond donors (Lipinski definition) is 4. The normalized spacial score (nSPS) is 11.3. The van der Waals surface area contributed by atoms with E-state index in [2.05, 4.69) is 13.8 Å². The molecule has 0 radical (unpaired) electrons. The fourth-order valence-electron chi connectivity index (χ4n) is 5.25. The summed E-state index contributed by atoms with van der Waals surface area (Å²) >= 11 is 0. The van der Waals surface area contributed by atoms with Crippen LogP contribution in [-0.4, -0.2) is 34.3 Å². The fraction of sp³-hybridized carbons (Fsp3) is 0.800. The summed E-state index contributed by atoms with van der Waals surface area (Å²) in [5, 5.41) is 40.0. The molecular formula is C30H56B2O4.